The normalized spacial score (nSPS) is 11.5. The van der Waals surface area contributed by atoms with Crippen molar-refractivity contribution in [3.05, 3.63) is 47.0 Å². The lowest BCUT2D eigenvalue weighted by atomic mass is 10.2. The van der Waals surface area contributed by atoms with E-state index in [4.69, 9.17) is 25.8 Å². The molecule has 2 aromatic carbocycles. The van der Waals surface area contributed by atoms with Crippen LogP contribution in [-0.4, -0.2) is 26.2 Å². The van der Waals surface area contributed by atoms with Crippen molar-refractivity contribution >= 4 is 23.2 Å². The fourth-order valence-corrected chi connectivity index (χ4v) is 2.38. The average molecular weight is 350 g/mol. The smallest absolute Gasteiger partial charge is 0.265 e. The maximum atomic E-state index is 12.4. The first-order chi connectivity index (χ1) is 11.4. The van der Waals surface area contributed by atoms with Gasteiger partial charge in [0.25, 0.3) is 5.91 Å². The van der Waals surface area contributed by atoms with E-state index in [9.17, 15) is 4.79 Å². The number of rotatable bonds is 6. The Morgan fingerprint density at radius 1 is 1.12 bits per heavy atom. The van der Waals surface area contributed by atoms with Gasteiger partial charge < -0.3 is 19.5 Å². The fraction of sp³-hybridized carbons (Fsp3) is 0.278. The van der Waals surface area contributed by atoms with E-state index < -0.39 is 6.10 Å². The molecule has 0 bridgehead atoms. The Balaban J connectivity index is 2.12. The average Bonchev–Trinajstić information content (AvgIpc) is 2.55. The third-order valence-corrected chi connectivity index (χ3v) is 3.70. The van der Waals surface area contributed by atoms with Gasteiger partial charge in [-0.2, -0.15) is 0 Å². The minimum atomic E-state index is -0.683. The first-order valence-electron chi connectivity index (χ1n) is 7.40. The van der Waals surface area contributed by atoms with E-state index in [0.29, 0.717) is 28.0 Å². The molecule has 0 aliphatic heterocycles. The molecule has 0 heterocycles. The molecule has 0 saturated carbocycles. The number of carbonyl (C=O) groups is 1. The van der Waals surface area contributed by atoms with Crippen LogP contribution >= 0.6 is 11.6 Å². The lowest BCUT2D eigenvalue weighted by molar-refractivity contribution is -0.122. The standard InChI is InChI=1S/C18H20ClNO4/c1-11-6-5-7-13(8-11)24-12(2)18(21)20-15-9-14(19)16(22-3)10-17(15)23-4/h5-10,12H,1-4H3,(H,20,21). The second-order valence-electron chi connectivity index (χ2n) is 5.25. The van der Waals surface area contributed by atoms with Crippen molar-refractivity contribution in [3.63, 3.8) is 0 Å². The first-order valence-corrected chi connectivity index (χ1v) is 7.78. The van der Waals surface area contributed by atoms with Crippen molar-refractivity contribution in [2.24, 2.45) is 0 Å². The molecule has 0 saturated heterocycles. The zero-order chi connectivity index (χ0) is 17.7. The molecule has 128 valence electrons. The van der Waals surface area contributed by atoms with Crippen LogP contribution in [0, 0.1) is 6.92 Å². The van der Waals surface area contributed by atoms with Gasteiger partial charge in [-0.25, -0.2) is 0 Å². The van der Waals surface area contributed by atoms with Gasteiger partial charge in [-0.3, -0.25) is 4.79 Å². The number of ether oxygens (including phenoxy) is 3. The Hall–Kier alpha value is -2.40. The van der Waals surface area contributed by atoms with Crippen LogP contribution in [0.25, 0.3) is 0 Å². The second-order valence-corrected chi connectivity index (χ2v) is 5.66. The molecule has 1 N–H and O–H groups in total. The quantitative estimate of drug-likeness (QED) is 0.854. The molecule has 1 atom stereocenters. The summed E-state index contributed by atoms with van der Waals surface area (Å²) in [5, 5.41) is 3.14. The van der Waals surface area contributed by atoms with Gasteiger partial charge in [0, 0.05) is 6.07 Å². The third kappa shape index (κ3) is 4.32. The Bertz CT molecular complexity index is 733. The van der Waals surface area contributed by atoms with Gasteiger partial charge in [-0.1, -0.05) is 23.7 Å². The van der Waals surface area contributed by atoms with Gasteiger partial charge in [0.2, 0.25) is 0 Å². The number of nitrogens with one attached hydrogen (secondary N) is 1. The van der Waals surface area contributed by atoms with Crippen molar-refractivity contribution in [2.45, 2.75) is 20.0 Å². The van der Waals surface area contributed by atoms with E-state index in [2.05, 4.69) is 5.32 Å². The van der Waals surface area contributed by atoms with E-state index in [1.165, 1.54) is 14.2 Å². The summed E-state index contributed by atoms with van der Waals surface area (Å²) < 4.78 is 16.1. The van der Waals surface area contributed by atoms with Crippen molar-refractivity contribution in [1.29, 1.82) is 0 Å². The maximum Gasteiger partial charge on any atom is 0.265 e. The number of methoxy groups -OCH3 is 2. The number of hydrogen-bond acceptors (Lipinski definition) is 4. The minimum absolute atomic E-state index is 0.309. The molecule has 24 heavy (non-hydrogen) atoms. The minimum Gasteiger partial charge on any atom is -0.495 e. The van der Waals surface area contributed by atoms with Crippen LogP contribution in [0.5, 0.6) is 17.2 Å². The molecule has 1 unspecified atom stereocenters. The number of halogens is 1. The van der Waals surface area contributed by atoms with Crippen LogP contribution in [0.1, 0.15) is 12.5 Å². The molecule has 0 fully saturated rings. The Kier molecular flexibility index (Phi) is 5.93. The van der Waals surface area contributed by atoms with Gasteiger partial charge in [-0.05, 0) is 37.6 Å². The number of carbonyl (C=O) groups excluding carboxylic acids is 1. The zero-order valence-electron chi connectivity index (χ0n) is 14.1. The lowest BCUT2D eigenvalue weighted by Crippen LogP contribution is -2.30. The monoisotopic (exact) mass is 349 g/mol. The molecule has 6 heteroatoms. The molecule has 0 aliphatic carbocycles. The summed E-state index contributed by atoms with van der Waals surface area (Å²) in [6.07, 6.45) is -0.683. The molecule has 2 aromatic rings. The number of amides is 1. The number of anilines is 1. The molecular weight excluding hydrogens is 330 g/mol. The molecule has 2 rings (SSSR count). The van der Waals surface area contributed by atoms with Crippen LogP contribution in [0.3, 0.4) is 0 Å². The molecule has 1 amide bonds. The summed E-state index contributed by atoms with van der Waals surface area (Å²) in [4.78, 5) is 12.4. The summed E-state index contributed by atoms with van der Waals surface area (Å²) in [5.74, 6) is 1.25. The molecular formula is C18H20ClNO4. The van der Waals surface area contributed by atoms with E-state index in [1.54, 1.807) is 19.1 Å². The highest BCUT2D eigenvalue weighted by molar-refractivity contribution is 6.32. The van der Waals surface area contributed by atoms with Crippen molar-refractivity contribution < 1.29 is 19.0 Å². The van der Waals surface area contributed by atoms with E-state index in [1.807, 2.05) is 31.2 Å². The zero-order valence-corrected chi connectivity index (χ0v) is 14.8. The topological polar surface area (TPSA) is 56.8 Å². The van der Waals surface area contributed by atoms with Crippen LogP contribution < -0.4 is 19.5 Å². The molecule has 0 spiro atoms. The van der Waals surface area contributed by atoms with E-state index >= 15 is 0 Å². The van der Waals surface area contributed by atoms with Crippen LogP contribution in [0.4, 0.5) is 5.69 Å². The largest absolute Gasteiger partial charge is 0.495 e. The fourth-order valence-electron chi connectivity index (χ4n) is 2.14. The van der Waals surface area contributed by atoms with Gasteiger partial charge in [0.05, 0.1) is 24.9 Å². The molecule has 0 radical (unpaired) electrons. The predicted molar refractivity (Wildman–Crippen MR) is 94.5 cm³/mol. The van der Waals surface area contributed by atoms with E-state index in [-0.39, 0.29) is 5.91 Å². The molecule has 5 nitrogen and oxygen atoms in total. The van der Waals surface area contributed by atoms with Crippen molar-refractivity contribution in [1.82, 2.24) is 0 Å². The molecule has 0 aliphatic rings. The number of hydrogen-bond donors (Lipinski definition) is 1. The predicted octanol–water partition coefficient (Wildman–Crippen LogP) is 4.07. The Morgan fingerprint density at radius 2 is 1.83 bits per heavy atom. The summed E-state index contributed by atoms with van der Waals surface area (Å²) >= 11 is 6.11. The highest BCUT2D eigenvalue weighted by Crippen LogP contribution is 2.36. The third-order valence-electron chi connectivity index (χ3n) is 3.40. The van der Waals surface area contributed by atoms with Gasteiger partial charge in [0.15, 0.2) is 6.10 Å². The molecule has 0 aromatic heterocycles. The maximum absolute atomic E-state index is 12.4. The second kappa shape index (κ2) is 7.93. The highest BCUT2D eigenvalue weighted by atomic mass is 35.5. The van der Waals surface area contributed by atoms with Gasteiger partial charge in [0.1, 0.15) is 17.2 Å². The van der Waals surface area contributed by atoms with Crippen molar-refractivity contribution in [3.8, 4) is 17.2 Å². The summed E-state index contributed by atoms with van der Waals surface area (Å²) in [7, 11) is 3.02. The SMILES string of the molecule is COc1cc(OC)c(NC(=O)C(C)Oc2cccc(C)c2)cc1Cl. The first kappa shape index (κ1) is 17.9. The van der Waals surface area contributed by atoms with Gasteiger partial charge >= 0.3 is 0 Å². The summed E-state index contributed by atoms with van der Waals surface area (Å²) in [6.45, 7) is 3.64. The van der Waals surface area contributed by atoms with Crippen LogP contribution in [0.2, 0.25) is 5.02 Å². The van der Waals surface area contributed by atoms with Gasteiger partial charge in [-0.15, -0.1) is 0 Å². The van der Waals surface area contributed by atoms with Crippen LogP contribution in [0.15, 0.2) is 36.4 Å². The Morgan fingerprint density at radius 3 is 2.46 bits per heavy atom. The summed E-state index contributed by atoms with van der Waals surface area (Å²) in [5.41, 5.74) is 1.51. The van der Waals surface area contributed by atoms with Crippen molar-refractivity contribution in [2.75, 3.05) is 19.5 Å². The Labute approximate surface area is 146 Å². The number of aryl methyl sites for hydroxylation is 1. The summed E-state index contributed by atoms with van der Waals surface area (Å²) in [6, 6.07) is 10.7. The lowest BCUT2D eigenvalue weighted by Gasteiger charge is -2.17. The highest BCUT2D eigenvalue weighted by Gasteiger charge is 2.18. The number of benzene rings is 2. The van der Waals surface area contributed by atoms with Crippen LogP contribution in [-0.2, 0) is 4.79 Å². The van der Waals surface area contributed by atoms with E-state index in [0.717, 1.165) is 5.56 Å².